The van der Waals surface area contributed by atoms with Gasteiger partial charge in [-0.25, -0.2) is 4.39 Å². The zero-order chi connectivity index (χ0) is 14.7. The van der Waals surface area contributed by atoms with E-state index in [9.17, 15) is 4.39 Å². The topological polar surface area (TPSA) is 29.3 Å². The summed E-state index contributed by atoms with van der Waals surface area (Å²) in [6.45, 7) is 2.51. The van der Waals surface area contributed by atoms with Crippen LogP contribution in [0.4, 0.5) is 10.1 Å². The van der Waals surface area contributed by atoms with E-state index >= 15 is 0 Å². The van der Waals surface area contributed by atoms with E-state index in [4.69, 9.17) is 5.73 Å². The van der Waals surface area contributed by atoms with Crippen molar-refractivity contribution in [2.45, 2.75) is 19.5 Å². The zero-order valence-corrected chi connectivity index (χ0v) is 13.2. The van der Waals surface area contributed by atoms with E-state index < -0.39 is 0 Å². The molecule has 20 heavy (non-hydrogen) atoms. The molecule has 0 fully saturated rings. The fourth-order valence-corrected chi connectivity index (χ4v) is 2.52. The van der Waals surface area contributed by atoms with Crippen LogP contribution in [0.2, 0.25) is 0 Å². The highest BCUT2D eigenvalue weighted by atomic mass is 79.9. The van der Waals surface area contributed by atoms with Crippen LogP contribution in [0.1, 0.15) is 24.1 Å². The van der Waals surface area contributed by atoms with Crippen LogP contribution >= 0.6 is 15.9 Å². The SMILES string of the molecule is C[C@H](N)c1c(F)cccc1N(C)Cc1ccc(Br)cc1. The molecule has 0 aliphatic heterocycles. The Morgan fingerprint density at radius 3 is 2.45 bits per heavy atom. The molecule has 0 amide bonds. The Morgan fingerprint density at radius 2 is 1.85 bits per heavy atom. The number of anilines is 1. The standard InChI is InChI=1S/C16H18BrFN2/c1-11(19)16-14(18)4-3-5-15(16)20(2)10-12-6-8-13(17)9-7-12/h3-9,11H,10,19H2,1-2H3/t11-/m0/s1. The van der Waals surface area contributed by atoms with Crippen LogP contribution in [0.15, 0.2) is 46.9 Å². The highest BCUT2D eigenvalue weighted by Crippen LogP contribution is 2.28. The lowest BCUT2D eigenvalue weighted by atomic mass is 10.0. The molecular weight excluding hydrogens is 319 g/mol. The average Bonchev–Trinajstić information content (AvgIpc) is 2.40. The highest BCUT2D eigenvalue weighted by Gasteiger charge is 2.15. The molecule has 2 N–H and O–H groups in total. The summed E-state index contributed by atoms with van der Waals surface area (Å²) in [5.41, 5.74) is 8.45. The number of rotatable bonds is 4. The first-order chi connectivity index (χ1) is 9.49. The van der Waals surface area contributed by atoms with Crippen LogP contribution < -0.4 is 10.6 Å². The molecule has 106 valence electrons. The molecule has 4 heteroatoms. The maximum Gasteiger partial charge on any atom is 0.130 e. The highest BCUT2D eigenvalue weighted by molar-refractivity contribution is 9.10. The van der Waals surface area contributed by atoms with Crippen LogP contribution in [0.25, 0.3) is 0 Å². The Hall–Kier alpha value is -1.39. The number of halogens is 2. The quantitative estimate of drug-likeness (QED) is 0.904. The number of hydrogen-bond donors (Lipinski definition) is 1. The minimum absolute atomic E-state index is 0.250. The van der Waals surface area contributed by atoms with Crippen molar-refractivity contribution < 1.29 is 4.39 Å². The van der Waals surface area contributed by atoms with E-state index in [2.05, 4.69) is 15.9 Å². The third-order valence-corrected chi connectivity index (χ3v) is 3.76. The predicted octanol–water partition coefficient (Wildman–Crippen LogP) is 4.24. The molecule has 0 aliphatic carbocycles. The Balaban J connectivity index is 2.27. The molecule has 2 rings (SSSR count). The van der Waals surface area contributed by atoms with Crippen molar-refractivity contribution in [2.24, 2.45) is 5.73 Å². The minimum Gasteiger partial charge on any atom is -0.370 e. The molecule has 2 aromatic rings. The Labute approximate surface area is 127 Å². The second kappa shape index (κ2) is 6.37. The van der Waals surface area contributed by atoms with Crippen molar-refractivity contribution >= 4 is 21.6 Å². The molecule has 0 saturated carbocycles. The van der Waals surface area contributed by atoms with Gasteiger partial charge in [-0.2, -0.15) is 0 Å². The zero-order valence-electron chi connectivity index (χ0n) is 11.6. The first-order valence-electron chi connectivity index (χ1n) is 6.48. The number of nitrogens with two attached hydrogens (primary N) is 1. The molecule has 0 unspecified atom stereocenters. The van der Waals surface area contributed by atoms with Gasteiger partial charge in [0.15, 0.2) is 0 Å². The number of hydrogen-bond acceptors (Lipinski definition) is 2. The normalized spacial score (nSPS) is 12.2. The molecule has 0 heterocycles. The molecule has 0 radical (unpaired) electrons. The van der Waals surface area contributed by atoms with Crippen molar-refractivity contribution in [3.05, 3.63) is 63.9 Å². The molecule has 0 aliphatic rings. The predicted molar refractivity (Wildman–Crippen MR) is 85.3 cm³/mol. The van der Waals surface area contributed by atoms with Gasteiger partial charge in [-0.1, -0.05) is 34.1 Å². The molecule has 2 aromatic carbocycles. The van der Waals surface area contributed by atoms with Gasteiger partial charge in [0.25, 0.3) is 0 Å². The third-order valence-electron chi connectivity index (χ3n) is 3.23. The summed E-state index contributed by atoms with van der Waals surface area (Å²) in [7, 11) is 1.95. The molecule has 0 bridgehead atoms. The lowest BCUT2D eigenvalue weighted by Gasteiger charge is -2.24. The maximum atomic E-state index is 13.9. The van der Waals surface area contributed by atoms with Gasteiger partial charge in [-0.05, 0) is 36.8 Å². The Bertz CT molecular complexity index is 582. The van der Waals surface area contributed by atoms with Gasteiger partial charge in [-0.3, -0.25) is 0 Å². The molecule has 0 spiro atoms. The number of nitrogens with zero attached hydrogens (tertiary/aromatic N) is 1. The van der Waals surface area contributed by atoms with Gasteiger partial charge >= 0.3 is 0 Å². The van der Waals surface area contributed by atoms with E-state index in [1.165, 1.54) is 6.07 Å². The maximum absolute atomic E-state index is 13.9. The van der Waals surface area contributed by atoms with E-state index in [-0.39, 0.29) is 11.9 Å². The van der Waals surface area contributed by atoms with Crippen LogP contribution in [0.5, 0.6) is 0 Å². The van der Waals surface area contributed by atoms with Crippen molar-refractivity contribution in [1.82, 2.24) is 0 Å². The molecule has 1 atom stereocenters. The Kier molecular flexibility index (Phi) is 4.78. The summed E-state index contributed by atoms with van der Waals surface area (Å²) in [6.07, 6.45) is 0. The first kappa shape index (κ1) is 15.0. The molecule has 0 aromatic heterocycles. The van der Waals surface area contributed by atoms with Crippen LogP contribution in [-0.2, 0) is 6.54 Å². The summed E-state index contributed by atoms with van der Waals surface area (Å²) in [5, 5.41) is 0. The molecular formula is C16H18BrFN2. The van der Waals surface area contributed by atoms with Gasteiger partial charge in [0.05, 0.1) is 0 Å². The smallest absolute Gasteiger partial charge is 0.130 e. The fraction of sp³-hybridized carbons (Fsp3) is 0.250. The van der Waals surface area contributed by atoms with Crippen LogP contribution in [0, 0.1) is 5.82 Å². The van der Waals surface area contributed by atoms with Gasteiger partial charge in [0.1, 0.15) is 5.82 Å². The summed E-state index contributed by atoms with van der Waals surface area (Å²) in [5.74, 6) is -0.250. The van der Waals surface area contributed by atoms with Crippen LogP contribution in [-0.4, -0.2) is 7.05 Å². The van der Waals surface area contributed by atoms with E-state index in [0.29, 0.717) is 12.1 Å². The van der Waals surface area contributed by atoms with E-state index in [1.54, 1.807) is 13.0 Å². The van der Waals surface area contributed by atoms with Crippen molar-refractivity contribution in [3.8, 4) is 0 Å². The Morgan fingerprint density at radius 1 is 1.20 bits per heavy atom. The van der Waals surface area contributed by atoms with Gasteiger partial charge < -0.3 is 10.6 Å². The second-order valence-electron chi connectivity index (χ2n) is 4.94. The lowest BCUT2D eigenvalue weighted by Crippen LogP contribution is -2.21. The van der Waals surface area contributed by atoms with Gasteiger partial charge in [0, 0.05) is 35.4 Å². The second-order valence-corrected chi connectivity index (χ2v) is 5.86. The number of benzene rings is 2. The van der Waals surface area contributed by atoms with Crippen LogP contribution in [0.3, 0.4) is 0 Å². The fourth-order valence-electron chi connectivity index (χ4n) is 2.26. The largest absolute Gasteiger partial charge is 0.370 e. The first-order valence-corrected chi connectivity index (χ1v) is 7.28. The molecule has 0 saturated heterocycles. The minimum atomic E-state index is -0.335. The average molecular weight is 337 g/mol. The summed E-state index contributed by atoms with van der Waals surface area (Å²) in [6, 6.07) is 12.8. The van der Waals surface area contributed by atoms with Crippen molar-refractivity contribution in [2.75, 3.05) is 11.9 Å². The van der Waals surface area contributed by atoms with E-state index in [1.807, 2.05) is 42.3 Å². The monoisotopic (exact) mass is 336 g/mol. The van der Waals surface area contributed by atoms with Crippen molar-refractivity contribution in [1.29, 1.82) is 0 Å². The molecule has 2 nitrogen and oxygen atoms in total. The van der Waals surface area contributed by atoms with Gasteiger partial charge in [-0.15, -0.1) is 0 Å². The lowest BCUT2D eigenvalue weighted by molar-refractivity contribution is 0.592. The summed E-state index contributed by atoms with van der Waals surface area (Å²) in [4.78, 5) is 2.02. The third kappa shape index (κ3) is 3.38. The summed E-state index contributed by atoms with van der Waals surface area (Å²) < 4.78 is 15.0. The van der Waals surface area contributed by atoms with Crippen molar-refractivity contribution in [3.63, 3.8) is 0 Å². The van der Waals surface area contributed by atoms with Gasteiger partial charge in [0.2, 0.25) is 0 Å². The summed E-state index contributed by atoms with van der Waals surface area (Å²) >= 11 is 3.42. The van der Waals surface area contributed by atoms with E-state index in [0.717, 1.165) is 15.7 Å².